The Labute approximate surface area is 112 Å². The second-order valence-corrected chi connectivity index (χ2v) is 4.37. The lowest BCUT2D eigenvalue weighted by Crippen LogP contribution is -2.35. The van der Waals surface area contributed by atoms with Crippen LogP contribution < -0.4 is 11.1 Å². The van der Waals surface area contributed by atoms with Crippen LogP contribution in [0.1, 0.15) is 6.42 Å². The highest BCUT2D eigenvalue weighted by molar-refractivity contribution is 6.30. The van der Waals surface area contributed by atoms with Crippen molar-refractivity contribution in [1.29, 1.82) is 0 Å². The van der Waals surface area contributed by atoms with E-state index in [1.54, 1.807) is 29.2 Å². The number of carbonyl (C=O) groups is 1. The molecule has 1 aliphatic rings. The van der Waals surface area contributed by atoms with Gasteiger partial charge in [-0.2, -0.15) is 0 Å². The molecule has 1 atom stereocenters. The average Bonchev–Trinajstić information content (AvgIpc) is 2.68. The fourth-order valence-corrected chi connectivity index (χ4v) is 1.83. The normalized spacial score (nSPS) is 18.7. The number of hydrogen-bond acceptors (Lipinski definition) is 2. The number of urea groups is 1. The van der Waals surface area contributed by atoms with Crippen LogP contribution in [-0.2, 0) is 0 Å². The maximum atomic E-state index is 11.8. The van der Waals surface area contributed by atoms with Crippen molar-refractivity contribution < 1.29 is 4.79 Å². The molecule has 1 unspecified atom stereocenters. The van der Waals surface area contributed by atoms with Crippen molar-refractivity contribution in [2.24, 2.45) is 5.73 Å². The Bertz CT molecular complexity index is 383. The quantitative estimate of drug-likeness (QED) is 0.827. The maximum absolute atomic E-state index is 11.8. The van der Waals surface area contributed by atoms with Gasteiger partial charge in [-0.25, -0.2) is 4.79 Å². The molecule has 1 aliphatic heterocycles. The minimum atomic E-state index is -0.102. The lowest BCUT2D eigenvalue weighted by Gasteiger charge is -2.16. The Kier molecular flexibility index (Phi) is 5.05. The molecule has 94 valence electrons. The summed E-state index contributed by atoms with van der Waals surface area (Å²) in [7, 11) is 0. The van der Waals surface area contributed by atoms with Gasteiger partial charge < -0.3 is 16.0 Å². The summed E-state index contributed by atoms with van der Waals surface area (Å²) in [5, 5.41) is 3.46. The summed E-state index contributed by atoms with van der Waals surface area (Å²) >= 11 is 5.75. The molecule has 1 aromatic rings. The van der Waals surface area contributed by atoms with Crippen molar-refractivity contribution in [2.45, 2.75) is 12.5 Å². The molecule has 0 bridgehead atoms. The van der Waals surface area contributed by atoms with Crippen LogP contribution in [0.15, 0.2) is 24.3 Å². The Morgan fingerprint density at radius 1 is 1.41 bits per heavy atom. The van der Waals surface area contributed by atoms with Gasteiger partial charge in [0.1, 0.15) is 0 Å². The average molecular weight is 276 g/mol. The molecule has 0 saturated carbocycles. The number of nitrogens with one attached hydrogen (secondary N) is 1. The van der Waals surface area contributed by atoms with E-state index in [2.05, 4.69) is 5.32 Å². The van der Waals surface area contributed by atoms with Gasteiger partial charge in [-0.15, -0.1) is 12.4 Å². The predicted molar refractivity (Wildman–Crippen MR) is 71.9 cm³/mol. The zero-order valence-corrected chi connectivity index (χ0v) is 10.8. The van der Waals surface area contributed by atoms with E-state index in [4.69, 9.17) is 17.3 Å². The highest BCUT2D eigenvalue weighted by Crippen LogP contribution is 2.15. The number of nitrogens with two attached hydrogens (primary N) is 1. The Morgan fingerprint density at radius 3 is 2.59 bits per heavy atom. The number of halogens is 2. The molecule has 1 heterocycles. The van der Waals surface area contributed by atoms with Crippen LogP contribution in [0.5, 0.6) is 0 Å². The van der Waals surface area contributed by atoms with Gasteiger partial charge in [-0.05, 0) is 30.7 Å². The van der Waals surface area contributed by atoms with E-state index < -0.39 is 0 Å². The van der Waals surface area contributed by atoms with Gasteiger partial charge in [-0.1, -0.05) is 11.6 Å². The topological polar surface area (TPSA) is 58.4 Å². The Morgan fingerprint density at radius 2 is 2.06 bits per heavy atom. The molecule has 3 N–H and O–H groups in total. The summed E-state index contributed by atoms with van der Waals surface area (Å²) < 4.78 is 0. The van der Waals surface area contributed by atoms with Gasteiger partial charge in [0.25, 0.3) is 0 Å². The number of nitrogens with zero attached hydrogens (tertiary/aromatic N) is 1. The molecular formula is C11H15Cl2N3O. The van der Waals surface area contributed by atoms with Gasteiger partial charge in [0.15, 0.2) is 0 Å². The number of amides is 2. The van der Waals surface area contributed by atoms with Crippen LogP contribution in [0.3, 0.4) is 0 Å². The number of rotatable bonds is 1. The van der Waals surface area contributed by atoms with Crippen molar-refractivity contribution in [1.82, 2.24) is 4.90 Å². The molecule has 2 amide bonds. The van der Waals surface area contributed by atoms with Crippen molar-refractivity contribution in [2.75, 3.05) is 18.4 Å². The summed E-state index contributed by atoms with van der Waals surface area (Å²) in [5.41, 5.74) is 6.48. The minimum Gasteiger partial charge on any atom is -0.326 e. The largest absolute Gasteiger partial charge is 0.326 e. The lowest BCUT2D eigenvalue weighted by molar-refractivity contribution is 0.222. The third-order valence-electron chi connectivity index (χ3n) is 2.61. The first kappa shape index (κ1) is 14.1. The van der Waals surface area contributed by atoms with Gasteiger partial charge >= 0.3 is 6.03 Å². The lowest BCUT2D eigenvalue weighted by atomic mass is 10.3. The van der Waals surface area contributed by atoms with E-state index in [1.807, 2.05) is 0 Å². The first-order valence-corrected chi connectivity index (χ1v) is 5.60. The van der Waals surface area contributed by atoms with Crippen LogP contribution in [0.25, 0.3) is 0 Å². The molecule has 6 heteroatoms. The molecular weight excluding hydrogens is 261 g/mol. The Hall–Kier alpha value is -0.970. The number of benzene rings is 1. The summed E-state index contributed by atoms with van der Waals surface area (Å²) in [6.07, 6.45) is 0.869. The molecule has 17 heavy (non-hydrogen) atoms. The van der Waals surface area contributed by atoms with Crippen LogP contribution in [-0.4, -0.2) is 30.1 Å². The molecule has 1 saturated heterocycles. The van der Waals surface area contributed by atoms with Crippen LogP contribution in [0.4, 0.5) is 10.5 Å². The van der Waals surface area contributed by atoms with Gasteiger partial charge in [0, 0.05) is 29.8 Å². The van der Waals surface area contributed by atoms with Crippen LogP contribution in [0, 0.1) is 0 Å². The van der Waals surface area contributed by atoms with Crippen molar-refractivity contribution in [3.05, 3.63) is 29.3 Å². The first-order valence-electron chi connectivity index (χ1n) is 5.22. The molecule has 4 nitrogen and oxygen atoms in total. The predicted octanol–water partition coefficient (Wildman–Crippen LogP) is 2.33. The fraction of sp³-hybridized carbons (Fsp3) is 0.364. The van der Waals surface area contributed by atoms with Crippen molar-refractivity contribution >= 4 is 35.7 Å². The molecule has 2 rings (SSSR count). The van der Waals surface area contributed by atoms with Crippen LogP contribution in [0.2, 0.25) is 5.02 Å². The molecule has 0 aliphatic carbocycles. The minimum absolute atomic E-state index is 0. The molecule has 1 fully saturated rings. The third-order valence-corrected chi connectivity index (χ3v) is 2.86. The molecule has 0 aromatic heterocycles. The standard InChI is InChI=1S/C11H14ClN3O.ClH/c12-8-1-3-10(4-2-8)14-11(16)15-6-5-9(13)7-15;/h1-4,9H,5-7,13H2,(H,14,16);1H. The summed E-state index contributed by atoms with van der Waals surface area (Å²) in [4.78, 5) is 13.5. The maximum Gasteiger partial charge on any atom is 0.321 e. The molecule has 0 radical (unpaired) electrons. The zero-order chi connectivity index (χ0) is 11.5. The van der Waals surface area contributed by atoms with E-state index in [0.29, 0.717) is 11.6 Å². The van der Waals surface area contributed by atoms with Crippen molar-refractivity contribution in [3.8, 4) is 0 Å². The summed E-state index contributed by atoms with van der Waals surface area (Å²) in [6, 6.07) is 7.04. The highest BCUT2D eigenvalue weighted by atomic mass is 35.5. The second kappa shape index (κ2) is 6.10. The first-order chi connectivity index (χ1) is 7.65. The van der Waals surface area contributed by atoms with Gasteiger partial charge in [0.2, 0.25) is 0 Å². The number of likely N-dealkylation sites (tertiary alicyclic amines) is 1. The zero-order valence-electron chi connectivity index (χ0n) is 9.23. The number of hydrogen-bond donors (Lipinski definition) is 2. The van der Waals surface area contributed by atoms with E-state index in [9.17, 15) is 4.79 Å². The van der Waals surface area contributed by atoms with E-state index in [0.717, 1.165) is 18.7 Å². The van der Waals surface area contributed by atoms with Crippen molar-refractivity contribution in [3.63, 3.8) is 0 Å². The second-order valence-electron chi connectivity index (χ2n) is 3.93. The number of anilines is 1. The summed E-state index contributed by atoms with van der Waals surface area (Å²) in [6.45, 7) is 1.35. The van der Waals surface area contributed by atoms with E-state index in [-0.39, 0.29) is 24.5 Å². The van der Waals surface area contributed by atoms with E-state index >= 15 is 0 Å². The fourth-order valence-electron chi connectivity index (χ4n) is 1.71. The van der Waals surface area contributed by atoms with Gasteiger partial charge in [-0.3, -0.25) is 0 Å². The SMILES string of the molecule is Cl.NC1CCN(C(=O)Nc2ccc(Cl)cc2)C1. The van der Waals surface area contributed by atoms with Gasteiger partial charge in [0.05, 0.1) is 0 Å². The Balaban J connectivity index is 0.00000144. The smallest absolute Gasteiger partial charge is 0.321 e. The van der Waals surface area contributed by atoms with Crippen LogP contribution >= 0.6 is 24.0 Å². The third kappa shape index (κ3) is 3.77. The molecule has 1 aromatic carbocycles. The molecule has 0 spiro atoms. The van der Waals surface area contributed by atoms with E-state index in [1.165, 1.54) is 0 Å². The summed E-state index contributed by atoms with van der Waals surface area (Å²) in [5.74, 6) is 0. The number of carbonyl (C=O) groups excluding carboxylic acids is 1. The monoisotopic (exact) mass is 275 g/mol. The highest BCUT2D eigenvalue weighted by Gasteiger charge is 2.23.